The average molecular weight is 194 g/mol. The van der Waals surface area contributed by atoms with Crippen molar-refractivity contribution in [3.63, 3.8) is 0 Å². The second-order valence-electron chi connectivity index (χ2n) is 3.73. The highest BCUT2D eigenvalue weighted by Gasteiger charge is 1.99. The number of hydrogen-bond acceptors (Lipinski definition) is 2. The lowest BCUT2D eigenvalue weighted by atomic mass is 10.2. The highest BCUT2D eigenvalue weighted by atomic mass is 15.2. The quantitative estimate of drug-likeness (QED) is 0.573. The van der Waals surface area contributed by atoms with Crippen LogP contribution >= 0.6 is 0 Å². The van der Waals surface area contributed by atoms with E-state index in [0.29, 0.717) is 5.92 Å². The highest BCUT2D eigenvalue weighted by molar-refractivity contribution is 5.82. The first-order valence-electron chi connectivity index (χ1n) is 4.87. The molecule has 4 heteroatoms. The molecule has 1 rings (SSSR count). The molecule has 0 atom stereocenters. The SMILES string of the molecule is CC(C)C(N)=NCCc1cnn(C)c1. The summed E-state index contributed by atoms with van der Waals surface area (Å²) in [5, 5.41) is 4.09. The Morgan fingerprint density at radius 2 is 2.36 bits per heavy atom. The second kappa shape index (κ2) is 4.79. The fraction of sp³-hybridized carbons (Fsp3) is 0.600. The number of hydrogen-bond donors (Lipinski definition) is 1. The van der Waals surface area contributed by atoms with E-state index in [-0.39, 0.29) is 0 Å². The smallest absolute Gasteiger partial charge is 0.0962 e. The van der Waals surface area contributed by atoms with Gasteiger partial charge in [0, 0.05) is 25.7 Å². The standard InChI is InChI=1S/C10H18N4/c1-8(2)10(11)12-5-4-9-6-13-14(3)7-9/h6-8H,4-5H2,1-3H3,(H2,11,12). The topological polar surface area (TPSA) is 56.2 Å². The lowest BCUT2D eigenvalue weighted by Gasteiger charge is -2.02. The van der Waals surface area contributed by atoms with Crippen molar-refractivity contribution in [2.45, 2.75) is 20.3 Å². The molecule has 2 N–H and O–H groups in total. The molecule has 0 aliphatic carbocycles. The number of amidine groups is 1. The van der Waals surface area contributed by atoms with Gasteiger partial charge in [0.05, 0.1) is 12.0 Å². The fourth-order valence-electron chi connectivity index (χ4n) is 1.10. The molecule has 1 aromatic rings. The van der Waals surface area contributed by atoms with Crippen LogP contribution in [0.1, 0.15) is 19.4 Å². The zero-order valence-corrected chi connectivity index (χ0v) is 9.07. The van der Waals surface area contributed by atoms with Gasteiger partial charge in [-0.3, -0.25) is 9.67 Å². The van der Waals surface area contributed by atoms with Crippen molar-refractivity contribution in [2.24, 2.45) is 23.7 Å². The Bertz CT molecular complexity index is 312. The van der Waals surface area contributed by atoms with E-state index in [0.717, 1.165) is 18.8 Å². The summed E-state index contributed by atoms with van der Waals surface area (Å²) in [5.41, 5.74) is 6.92. The minimum Gasteiger partial charge on any atom is -0.387 e. The Hall–Kier alpha value is -1.32. The first kappa shape index (κ1) is 10.8. The summed E-state index contributed by atoms with van der Waals surface area (Å²) >= 11 is 0. The van der Waals surface area contributed by atoms with E-state index in [1.807, 2.05) is 33.3 Å². The maximum Gasteiger partial charge on any atom is 0.0962 e. The van der Waals surface area contributed by atoms with Gasteiger partial charge in [0.1, 0.15) is 0 Å². The number of aromatic nitrogens is 2. The zero-order valence-electron chi connectivity index (χ0n) is 9.07. The van der Waals surface area contributed by atoms with Gasteiger partial charge in [-0.25, -0.2) is 0 Å². The molecule has 0 aliphatic rings. The molecule has 0 saturated carbocycles. The van der Waals surface area contributed by atoms with Crippen LogP contribution in [0.3, 0.4) is 0 Å². The first-order chi connectivity index (χ1) is 6.59. The van der Waals surface area contributed by atoms with Gasteiger partial charge in [-0.1, -0.05) is 13.8 Å². The van der Waals surface area contributed by atoms with Gasteiger partial charge in [0.2, 0.25) is 0 Å². The Morgan fingerprint density at radius 3 is 2.86 bits per heavy atom. The Kier molecular flexibility index (Phi) is 3.68. The molecule has 0 bridgehead atoms. The van der Waals surface area contributed by atoms with Crippen molar-refractivity contribution < 1.29 is 0 Å². The van der Waals surface area contributed by atoms with Crippen LogP contribution < -0.4 is 5.73 Å². The highest BCUT2D eigenvalue weighted by Crippen LogP contribution is 1.98. The lowest BCUT2D eigenvalue weighted by Crippen LogP contribution is -2.19. The third kappa shape index (κ3) is 3.20. The monoisotopic (exact) mass is 194 g/mol. The minimum atomic E-state index is 0.337. The van der Waals surface area contributed by atoms with Gasteiger partial charge in [-0.15, -0.1) is 0 Å². The van der Waals surface area contributed by atoms with Crippen molar-refractivity contribution in [3.05, 3.63) is 18.0 Å². The number of nitrogens with two attached hydrogens (primary N) is 1. The third-order valence-corrected chi connectivity index (χ3v) is 2.04. The maximum atomic E-state index is 5.72. The average Bonchev–Trinajstić information content (AvgIpc) is 2.51. The predicted molar refractivity (Wildman–Crippen MR) is 58.2 cm³/mol. The van der Waals surface area contributed by atoms with Crippen LogP contribution in [0.2, 0.25) is 0 Å². The van der Waals surface area contributed by atoms with Gasteiger partial charge < -0.3 is 5.73 Å². The van der Waals surface area contributed by atoms with Crippen LogP contribution in [0.15, 0.2) is 17.4 Å². The molecule has 0 fully saturated rings. The van der Waals surface area contributed by atoms with Crippen LogP contribution in [-0.4, -0.2) is 22.2 Å². The second-order valence-corrected chi connectivity index (χ2v) is 3.73. The molecular weight excluding hydrogens is 176 g/mol. The van der Waals surface area contributed by atoms with Crippen LogP contribution in [0.4, 0.5) is 0 Å². The molecule has 0 unspecified atom stereocenters. The van der Waals surface area contributed by atoms with E-state index in [9.17, 15) is 0 Å². The summed E-state index contributed by atoms with van der Waals surface area (Å²) in [4.78, 5) is 4.29. The molecule has 1 aromatic heterocycles. The molecular formula is C10H18N4. The van der Waals surface area contributed by atoms with E-state index < -0.39 is 0 Å². The van der Waals surface area contributed by atoms with Crippen molar-refractivity contribution in [1.82, 2.24) is 9.78 Å². The molecule has 0 radical (unpaired) electrons. The molecule has 14 heavy (non-hydrogen) atoms. The molecule has 0 saturated heterocycles. The fourth-order valence-corrected chi connectivity index (χ4v) is 1.10. The molecule has 0 spiro atoms. The molecule has 0 amide bonds. The van der Waals surface area contributed by atoms with Crippen LogP contribution in [0.5, 0.6) is 0 Å². The molecule has 0 aliphatic heterocycles. The summed E-state index contributed by atoms with van der Waals surface area (Å²) < 4.78 is 1.80. The number of rotatable bonds is 4. The predicted octanol–water partition coefficient (Wildman–Crippen LogP) is 0.976. The summed E-state index contributed by atoms with van der Waals surface area (Å²) in [7, 11) is 1.91. The molecule has 4 nitrogen and oxygen atoms in total. The normalized spacial score (nSPS) is 12.4. The van der Waals surface area contributed by atoms with Gasteiger partial charge >= 0.3 is 0 Å². The molecule has 1 heterocycles. The Morgan fingerprint density at radius 1 is 1.64 bits per heavy atom. The van der Waals surface area contributed by atoms with E-state index in [1.165, 1.54) is 5.56 Å². The summed E-state index contributed by atoms with van der Waals surface area (Å²) in [6.45, 7) is 4.83. The lowest BCUT2D eigenvalue weighted by molar-refractivity contribution is 0.766. The number of nitrogens with zero attached hydrogens (tertiary/aromatic N) is 3. The molecule has 0 aromatic carbocycles. The van der Waals surface area contributed by atoms with Gasteiger partial charge in [0.25, 0.3) is 0 Å². The third-order valence-electron chi connectivity index (χ3n) is 2.04. The van der Waals surface area contributed by atoms with Crippen molar-refractivity contribution in [2.75, 3.05) is 6.54 Å². The van der Waals surface area contributed by atoms with Gasteiger partial charge in [0.15, 0.2) is 0 Å². The van der Waals surface area contributed by atoms with Crippen molar-refractivity contribution in [3.8, 4) is 0 Å². The van der Waals surface area contributed by atoms with E-state index in [4.69, 9.17) is 5.73 Å². The van der Waals surface area contributed by atoms with Crippen LogP contribution in [-0.2, 0) is 13.5 Å². The largest absolute Gasteiger partial charge is 0.387 e. The first-order valence-corrected chi connectivity index (χ1v) is 4.87. The van der Waals surface area contributed by atoms with E-state index in [1.54, 1.807) is 4.68 Å². The van der Waals surface area contributed by atoms with Crippen LogP contribution in [0.25, 0.3) is 0 Å². The molecule has 78 valence electrons. The van der Waals surface area contributed by atoms with Gasteiger partial charge in [-0.2, -0.15) is 5.10 Å². The Balaban J connectivity index is 2.38. The number of aliphatic imine (C=N–C) groups is 1. The van der Waals surface area contributed by atoms with E-state index >= 15 is 0 Å². The summed E-state index contributed by atoms with van der Waals surface area (Å²) in [6.07, 6.45) is 4.77. The zero-order chi connectivity index (χ0) is 10.6. The maximum absolute atomic E-state index is 5.72. The number of aryl methyl sites for hydroxylation is 1. The minimum absolute atomic E-state index is 0.337. The van der Waals surface area contributed by atoms with E-state index in [2.05, 4.69) is 10.1 Å². The van der Waals surface area contributed by atoms with Crippen molar-refractivity contribution in [1.29, 1.82) is 0 Å². The van der Waals surface area contributed by atoms with Gasteiger partial charge in [-0.05, 0) is 12.0 Å². The summed E-state index contributed by atoms with van der Waals surface area (Å²) in [6, 6.07) is 0. The van der Waals surface area contributed by atoms with Crippen molar-refractivity contribution >= 4 is 5.84 Å². The Labute approximate surface area is 84.8 Å². The van der Waals surface area contributed by atoms with Crippen LogP contribution in [0, 0.1) is 5.92 Å². The summed E-state index contributed by atoms with van der Waals surface area (Å²) in [5.74, 6) is 1.07.